The van der Waals surface area contributed by atoms with Crippen molar-refractivity contribution in [2.45, 2.75) is 6.92 Å². The largest absolute Gasteiger partial charge is 0.383 e. The van der Waals surface area contributed by atoms with Crippen LogP contribution in [-0.4, -0.2) is 24.7 Å². The quantitative estimate of drug-likeness (QED) is 0.877. The number of pyridine rings is 1. The van der Waals surface area contributed by atoms with Crippen molar-refractivity contribution in [2.75, 3.05) is 25.1 Å². The Labute approximate surface area is 101 Å². The third kappa shape index (κ3) is 2.11. The van der Waals surface area contributed by atoms with E-state index in [1.165, 1.54) is 5.39 Å². The van der Waals surface area contributed by atoms with Gasteiger partial charge in [0.1, 0.15) is 0 Å². The van der Waals surface area contributed by atoms with Gasteiger partial charge in [0.25, 0.3) is 0 Å². The van der Waals surface area contributed by atoms with Crippen LogP contribution in [0.15, 0.2) is 36.5 Å². The van der Waals surface area contributed by atoms with E-state index in [0.717, 1.165) is 31.0 Å². The first kappa shape index (κ1) is 10.5. The summed E-state index contributed by atoms with van der Waals surface area (Å²) in [7, 11) is 0. The number of hydrogen-bond donors (Lipinski definition) is 1. The summed E-state index contributed by atoms with van der Waals surface area (Å²) in [5.41, 5.74) is 2.40. The standard InChI is InChI=1S/C14H16N2O/c1-14(9-17-10-14)8-16-12-6-11-4-2-3-5-13(11)15-7-12/h2-7,16H,8-10H2,1H3. The maximum absolute atomic E-state index is 5.24. The number of fused-ring (bicyclic) bond motifs is 1. The molecule has 0 spiro atoms. The molecule has 1 aromatic heterocycles. The molecule has 0 radical (unpaired) electrons. The molecular weight excluding hydrogens is 212 g/mol. The average Bonchev–Trinajstić information content (AvgIpc) is 2.34. The first-order valence-corrected chi connectivity index (χ1v) is 5.92. The van der Waals surface area contributed by atoms with Gasteiger partial charge in [-0.25, -0.2) is 0 Å². The maximum atomic E-state index is 5.24. The zero-order chi connectivity index (χ0) is 11.7. The van der Waals surface area contributed by atoms with E-state index in [9.17, 15) is 0 Å². The Morgan fingerprint density at radius 2 is 2.18 bits per heavy atom. The number of anilines is 1. The summed E-state index contributed by atoms with van der Waals surface area (Å²) in [6.45, 7) is 4.87. The predicted octanol–water partition coefficient (Wildman–Crippen LogP) is 2.68. The number of nitrogens with one attached hydrogen (secondary N) is 1. The SMILES string of the molecule is CC1(CNc2cnc3ccccc3c2)COC1. The van der Waals surface area contributed by atoms with Crippen LogP contribution < -0.4 is 5.32 Å². The molecule has 0 atom stereocenters. The first-order valence-electron chi connectivity index (χ1n) is 5.92. The lowest BCUT2D eigenvalue weighted by Gasteiger charge is -2.38. The van der Waals surface area contributed by atoms with Crippen molar-refractivity contribution in [3.8, 4) is 0 Å². The Kier molecular flexibility index (Phi) is 2.48. The Morgan fingerprint density at radius 3 is 2.94 bits per heavy atom. The third-order valence-corrected chi connectivity index (χ3v) is 3.21. The molecule has 0 aliphatic carbocycles. The van der Waals surface area contributed by atoms with E-state index < -0.39 is 0 Å². The summed E-state index contributed by atoms with van der Waals surface area (Å²) in [6, 6.07) is 10.3. The van der Waals surface area contributed by atoms with Gasteiger partial charge < -0.3 is 10.1 Å². The molecule has 3 rings (SSSR count). The lowest BCUT2D eigenvalue weighted by atomic mass is 9.89. The highest BCUT2D eigenvalue weighted by molar-refractivity contribution is 5.81. The molecule has 0 saturated carbocycles. The lowest BCUT2D eigenvalue weighted by Crippen LogP contribution is -2.45. The molecule has 3 nitrogen and oxygen atoms in total. The fourth-order valence-corrected chi connectivity index (χ4v) is 2.04. The molecule has 1 saturated heterocycles. The Hall–Kier alpha value is -1.61. The van der Waals surface area contributed by atoms with Crippen molar-refractivity contribution in [2.24, 2.45) is 5.41 Å². The van der Waals surface area contributed by atoms with E-state index in [1.54, 1.807) is 0 Å². The maximum Gasteiger partial charge on any atom is 0.0703 e. The van der Waals surface area contributed by atoms with Crippen LogP contribution in [0.25, 0.3) is 10.9 Å². The van der Waals surface area contributed by atoms with Gasteiger partial charge >= 0.3 is 0 Å². The molecule has 2 heterocycles. The zero-order valence-electron chi connectivity index (χ0n) is 9.94. The van der Waals surface area contributed by atoms with Crippen molar-refractivity contribution < 1.29 is 4.74 Å². The summed E-state index contributed by atoms with van der Waals surface area (Å²) in [5.74, 6) is 0. The fraction of sp³-hybridized carbons (Fsp3) is 0.357. The number of ether oxygens (including phenoxy) is 1. The van der Waals surface area contributed by atoms with Crippen molar-refractivity contribution in [1.82, 2.24) is 4.98 Å². The van der Waals surface area contributed by atoms with Crippen molar-refractivity contribution >= 4 is 16.6 Å². The van der Waals surface area contributed by atoms with Crippen molar-refractivity contribution in [3.63, 3.8) is 0 Å². The molecule has 0 unspecified atom stereocenters. The highest BCUT2D eigenvalue weighted by Gasteiger charge is 2.32. The van der Waals surface area contributed by atoms with Gasteiger partial charge in [-0.2, -0.15) is 0 Å². The van der Waals surface area contributed by atoms with Gasteiger partial charge in [-0.15, -0.1) is 0 Å². The van der Waals surface area contributed by atoms with Gasteiger partial charge in [0.15, 0.2) is 0 Å². The second-order valence-electron chi connectivity index (χ2n) is 5.07. The smallest absolute Gasteiger partial charge is 0.0703 e. The Morgan fingerprint density at radius 1 is 1.35 bits per heavy atom. The van der Waals surface area contributed by atoms with Gasteiger partial charge in [0.05, 0.1) is 30.6 Å². The number of aromatic nitrogens is 1. The molecule has 1 aromatic carbocycles. The van der Waals surface area contributed by atoms with Crippen LogP contribution in [0, 0.1) is 5.41 Å². The Bertz CT molecular complexity index is 534. The van der Waals surface area contributed by atoms with Crippen LogP contribution >= 0.6 is 0 Å². The number of hydrogen-bond acceptors (Lipinski definition) is 3. The van der Waals surface area contributed by atoms with Crippen LogP contribution in [-0.2, 0) is 4.74 Å². The molecule has 17 heavy (non-hydrogen) atoms. The predicted molar refractivity (Wildman–Crippen MR) is 69.2 cm³/mol. The third-order valence-electron chi connectivity index (χ3n) is 3.21. The molecule has 1 N–H and O–H groups in total. The Balaban J connectivity index is 1.76. The summed E-state index contributed by atoms with van der Waals surface area (Å²) in [6.07, 6.45) is 1.89. The minimum absolute atomic E-state index is 0.283. The van der Waals surface area contributed by atoms with E-state index in [2.05, 4.69) is 29.4 Å². The van der Waals surface area contributed by atoms with Crippen molar-refractivity contribution in [1.29, 1.82) is 0 Å². The zero-order valence-corrected chi connectivity index (χ0v) is 9.94. The minimum atomic E-state index is 0.283. The monoisotopic (exact) mass is 228 g/mol. The molecule has 1 aliphatic rings. The van der Waals surface area contributed by atoms with Gasteiger partial charge in [-0.1, -0.05) is 25.1 Å². The summed E-state index contributed by atoms with van der Waals surface area (Å²) in [5, 5.41) is 4.61. The van der Waals surface area contributed by atoms with Crippen LogP contribution in [0.2, 0.25) is 0 Å². The summed E-state index contributed by atoms with van der Waals surface area (Å²) < 4.78 is 5.24. The number of para-hydroxylation sites is 1. The molecule has 0 bridgehead atoms. The highest BCUT2D eigenvalue weighted by atomic mass is 16.5. The van der Waals surface area contributed by atoms with Crippen LogP contribution in [0.3, 0.4) is 0 Å². The van der Waals surface area contributed by atoms with E-state index in [4.69, 9.17) is 4.74 Å². The van der Waals surface area contributed by atoms with E-state index in [0.29, 0.717) is 0 Å². The molecule has 1 fully saturated rings. The molecular formula is C14H16N2O. The number of nitrogens with zero attached hydrogens (tertiary/aromatic N) is 1. The summed E-state index contributed by atoms with van der Waals surface area (Å²) in [4.78, 5) is 4.43. The average molecular weight is 228 g/mol. The lowest BCUT2D eigenvalue weighted by molar-refractivity contribution is -0.0924. The molecule has 88 valence electrons. The molecule has 3 heteroatoms. The minimum Gasteiger partial charge on any atom is -0.383 e. The second-order valence-corrected chi connectivity index (χ2v) is 5.07. The van der Waals surface area contributed by atoms with Gasteiger partial charge in [-0.3, -0.25) is 4.98 Å². The van der Waals surface area contributed by atoms with Crippen LogP contribution in [0.1, 0.15) is 6.92 Å². The van der Waals surface area contributed by atoms with E-state index in [1.807, 2.05) is 24.4 Å². The number of rotatable bonds is 3. The fourth-order valence-electron chi connectivity index (χ4n) is 2.04. The summed E-state index contributed by atoms with van der Waals surface area (Å²) >= 11 is 0. The highest BCUT2D eigenvalue weighted by Crippen LogP contribution is 2.27. The van der Waals surface area contributed by atoms with Gasteiger partial charge in [0, 0.05) is 17.3 Å². The second kappa shape index (κ2) is 4.00. The molecule has 1 aliphatic heterocycles. The van der Waals surface area contributed by atoms with Gasteiger partial charge in [0.2, 0.25) is 0 Å². The van der Waals surface area contributed by atoms with E-state index in [-0.39, 0.29) is 5.41 Å². The normalized spacial score (nSPS) is 17.7. The van der Waals surface area contributed by atoms with Crippen molar-refractivity contribution in [3.05, 3.63) is 36.5 Å². The van der Waals surface area contributed by atoms with Gasteiger partial charge in [-0.05, 0) is 12.1 Å². The van der Waals surface area contributed by atoms with E-state index >= 15 is 0 Å². The number of benzene rings is 1. The van der Waals surface area contributed by atoms with Crippen LogP contribution in [0.4, 0.5) is 5.69 Å². The first-order chi connectivity index (χ1) is 8.25. The topological polar surface area (TPSA) is 34.2 Å². The van der Waals surface area contributed by atoms with Crippen LogP contribution in [0.5, 0.6) is 0 Å². The molecule has 2 aromatic rings. The molecule has 0 amide bonds.